The first kappa shape index (κ1) is 27.2. The minimum atomic E-state index is -0.0148. The summed E-state index contributed by atoms with van der Waals surface area (Å²) in [4.78, 5) is 19.4. The average Bonchev–Trinajstić information content (AvgIpc) is 2.82. The number of nitrogens with zero attached hydrogens (tertiary/aromatic N) is 2. The highest BCUT2D eigenvalue weighted by molar-refractivity contribution is 8.16. The quantitative estimate of drug-likeness (QED) is 0.310. The lowest BCUT2D eigenvalue weighted by atomic mass is 9.89. The lowest BCUT2D eigenvalue weighted by Crippen LogP contribution is -2.32. The van der Waals surface area contributed by atoms with Crippen LogP contribution in [0.4, 0.5) is 5.69 Å². The molecule has 1 fully saturated rings. The van der Waals surface area contributed by atoms with E-state index in [4.69, 9.17) is 4.99 Å². The van der Waals surface area contributed by atoms with E-state index in [9.17, 15) is 4.79 Å². The van der Waals surface area contributed by atoms with Crippen molar-refractivity contribution in [3.8, 4) is 0 Å². The molecule has 5 heteroatoms. The molecule has 0 spiro atoms. The number of likely N-dealkylation sites (tertiary alicyclic amines) is 1. The Bertz CT molecular complexity index is 1010. The van der Waals surface area contributed by atoms with Crippen molar-refractivity contribution in [2.45, 2.75) is 59.9 Å². The minimum absolute atomic E-state index is 0.0148. The molecular weight excluding hydrogens is 450 g/mol. The predicted molar refractivity (Wildman–Crippen MR) is 152 cm³/mol. The topological polar surface area (TPSA) is 44.7 Å². The Morgan fingerprint density at radius 3 is 2.46 bits per heavy atom. The second-order valence-corrected chi connectivity index (χ2v) is 11.9. The van der Waals surface area contributed by atoms with E-state index in [1.807, 2.05) is 25.3 Å². The molecule has 35 heavy (non-hydrogen) atoms. The number of carbonyl (C=O) groups is 1. The molecule has 1 heterocycles. The van der Waals surface area contributed by atoms with Gasteiger partial charge in [-0.05, 0) is 65.9 Å². The van der Waals surface area contributed by atoms with Crippen molar-refractivity contribution in [1.82, 2.24) is 4.90 Å². The van der Waals surface area contributed by atoms with Crippen LogP contribution in [0.3, 0.4) is 0 Å². The summed E-state index contributed by atoms with van der Waals surface area (Å²) >= 11 is 1.60. The van der Waals surface area contributed by atoms with Gasteiger partial charge in [0.1, 0.15) is 5.04 Å². The number of hydrogen-bond acceptors (Lipinski definition) is 4. The highest BCUT2D eigenvalue weighted by Crippen LogP contribution is 2.30. The Kier molecular flexibility index (Phi) is 9.76. The van der Waals surface area contributed by atoms with E-state index in [0.29, 0.717) is 5.92 Å². The molecule has 0 atom stereocenters. The van der Waals surface area contributed by atoms with Gasteiger partial charge in [-0.2, -0.15) is 0 Å². The first-order valence-electron chi connectivity index (χ1n) is 12.7. The first-order chi connectivity index (χ1) is 16.6. The third-order valence-electron chi connectivity index (χ3n) is 6.24. The van der Waals surface area contributed by atoms with Crippen LogP contribution >= 0.6 is 11.8 Å². The fourth-order valence-corrected chi connectivity index (χ4v) is 4.75. The Labute approximate surface area is 216 Å². The molecule has 1 aliphatic heterocycles. The summed E-state index contributed by atoms with van der Waals surface area (Å²) in [6.07, 6.45) is 2.28. The number of piperidine rings is 1. The summed E-state index contributed by atoms with van der Waals surface area (Å²) in [5, 5.41) is 5.92. The van der Waals surface area contributed by atoms with E-state index in [-0.39, 0.29) is 17.2 Å². The molecule has 0 radical (unpaired) electrons. The summed E-state index contributed by atoms with van der Waals surface area (Å²) in [6.45, 7) is 18.3. The zero-order chi connectivity index (χ0) is 25.4. The molecule has 0 bridgehead atoms. The third-order valence-corrected chi connectivity index (χ3v) is 6.99. The van der Waals surface area contributed by atoms with E-state index in [1.165, 1.54) is 11.1 Å². The van der Waals surface area contributed by atoms with Crippen molar-refractivity contribution in [2.24, 2.45) is 16.3 Å². The zero-order valence-electron chi connectivity index (χ0n) is 22.0. The Hall–Kier alpha value is -2.37. The van der Waals surface area contributed by atoms with Crippen LogP contribution in [0.1, 0.15) is 70.1 Å². The molecule has 1 N–H and O–H groups in total. The van der Waals surface area contributed by atoms with Gasteiger partial charge in [-0.1, -0.05) is 89.4 Å². The van der Waals surface area contributed by atoms with Gasteiger partial charge >= 0.3 is 0 Å². The zero-order valence-corrected chi connectivity index (χ0v) is 22.8. The fraction of sp³-hybridized carbons (Fsp3) is 0.467. The normalized spacial score (nSPS) is 15.9. The Balaban J connectivity index is 1.55. The molecule has 0 aliphatic carbocycles. The van der Waals surface area contributed by atoms with Gasteiger partial charge in [0.25, 0.3) is 0 Å². The van der Waals surface area contributed by atoms with Gasteiger partial charge in [0, 0.05) is 30.3 Å². The van der Waals surface area contributed by atoms with Gasteiger partial charge < -0.3 is 5.32 Å². The SMILES string of the molecule is C=CSC(=NCC(C)(C)C)c1ccc(CN2CCC(c3cccc(NC(=O)C(C)C)c3)CC2)cc1. The van der Waals surface area contributed by atoms with Crippen LogP contribution in [0.5, 0.6) is 0 Å². The Morgan fingerprint density at radius 1 is 1.17 bits per heavy atom. The molecule has 2 aromatic carbocycles. The van der Waals surface area contributed by atoms with E-state index in [0.717, 1.165) is 55.3 Å². The van der Waals surface area contributed by atoms with Crippen LogP contribution in [0, 0.1) is 11.3 Å². The van der Waals surface area contributed by atoms with Gasteiger partial charge in [-0.15, -0.1) is 0 Å². The lowest BCUT2D eigenvalue weighted by molar-refractivity contribution is -0.118. The third kappa shape index (κ3) is 8.66. The summed E-state index contributed by atoms with van der Waals surface area (Å²) in [5.74, 6) is 0.597. The molecular formula is C30H41N3OS. The van der Waals surface area contributed by atoms with Crippen molar-refractivity contribution >= 4 is 28.4 Å². The highest BCUT2D eigenvalue weighted by Gasteiger charge is 2.21. The van der Waals surface area contributed by atoms with Crippen molar-refractivity contribution in [2.75, 3.05) is 25.0 Å². The van der Waals surface area contributed by atoms with E-state index in [1.54, 1.807) is 11.8 Å². The second-order valence-electron chi connectivity index (χ2n) is 11.0. The number of amides is 1. The van der Waals surface area contributed by atoms with Crippen molar-refractivity contribution in [1.29, 1.82) is 0 Å². The molecule has 0 aromatic heterocycles. The number of aliphatic imine (C=N–C) groups is 1. The largest absolute Gasteiger partial charge is 0.326 e. The number of rotatable bonds is 8. The highest BCUT2D eigenvalue weighted by atomic mass is 32.2. The van der Waals surface area contributed by atoms with Gasteiger partial charge in [0.2, 0.25) is 5.91 Å². The summed E-state index contributed by atoms with van der Waals surface area (Å²) in [5.41, 5.74) is 4.90. The van der Waals surface area contributed by atoms with Crippen LogP contribution < -0.4 is 5.32 Å². The van der Waals surface area contributed by atoms with Crippen LogP contribution in [0.25, 0.3) is 0 Å². The van der Waals surface area contributed by atoms with Crippen LogP contribution in [-0.2, 0) is 11.3 Å². The standard InChI is InChI=1S/C30H41N3OS/c1-7-35-29(31-21-30(4,5)6)25-13-11-23(12-14-25)20-33-17-15-24(16-18-33)26-9-8-10-27(19-26)32-28(34)22(2)3/h7-14,19,22,24H,1,15-18,20-21H2,2-6H3,(H,32,34). The minimum Gasteiger partial charge on any atom is -0.326 e. The monoisotopic (exact) mass is 491 g/mol. The molecule has 2 aromatic rings. The number of anilines is 1. The first-order valence-corrected chi connectivity index (χ1v) is 13.6. The summed E-state index contributed by atoms with van der Waals surface area (Å²) in [6, 6.07) is 17.2. The molecule has 188 valence electrons. The fourth-order valence-electron chi connectivity index (χ4n) is 4.18. The summed E-state index contributed by atoms with van der Waals surface area (Å²) < 4.78 is 0. The molecule has 3 rings (SSSR count). The maximum Gasteiger partial charge on any atom is 0.226 e. The maximum absolute atomic E-state index is 12.0. The predicted octanol–water partition coefficient (Wildman–Crippen LogP) is 7.33. The van der Waals surface area contributed by atoms with Crippen LogP contribution in [0.15, 0.2) is 65.5 Å². The number of thioether (sulfide) groups is 1. The van der Waals surface area contributed by atoms with E-state index in [2.05, 4.69) is 80.0 Å². The number of carbonyl (C=O) groups excluding carboxylic acids is 1. The summed E-state index contributed by atoms with van der Waals surface area (Å²) in [7, 11) is 0. The van der Waals surface area contributed by atoms with Crippen LogP contribution in [0.2, 0.25) is 0 Å². The van der Waals surface area contributed by atoms with Crippen LogP contribution in [-0.4, -0.2) is 35.5 Å². The molecule has 1 saturated heterocycles. The van der Waals surface area contributed by atoms with Gasteiger partial charge in [0.15, 0.2) is 0 Å². The number of hydrogen-bond donors (Lipinski definition) is 1. The molecule has 4 nitrogen and oxygen atoms in total. The van der Waals surface area contributed by atoms with Crippen molar-refractivity contribution in [3.63, 3.8) is 0 Å². The Morgan fingerprint density at radius 2 is 1.86 bits per heavy atom. The van der Waals surface area contributed by atoms with E-state index < -0.39 is 0 Å². The second kappa shape index (κ2) is 12.5. The van der Waals surface area contributed by atoms with Gasteiger partial charge in [0.05, 0.1) is 0 Å². The average molecular weight is 492 g/mol. The van der Waals surface area contributed by atoms with Crippen molar-refractivity contribution < 1.29 is 4.79 Å². The lowest BCUT2D eigenvalue weighted by Gasteiger charge is -2.32. The smallest absolute Gasteiger partial charge is 0.226 e. The van der Waals surface area contributed by atoms with Gasteiger partial charge in [-0.3, -0.25) is 14.7 Å². The number of nitrogens with one attached hydrogen (secondary N) is 1. The van der Waals surface area contributed by atoms with E-state index >= 15 is 0 Å². The maximum atomic E-state index is 12.0. The van der Waals surface area contributed by atoms with Crippen molar-refractivity contribution in [3.05, 3.63) is 77.2 Å². The van der Waals surface area contributed by atoms with Gasteiger partial charge in [-0.25, -0.2) is 0 Å². The number of benzene rings is 2. The molecule has 1 amide bonds. The molecule has 0 unspecified atom stereocenters. The molecule has 0 saturated carbocycles. The molecule has 1 aliphatic rings.